The number of guanidine groups is 1. The Morgan fingerprint density at radius 2 is 2.22 bits per heavy atom. The predicted octanol–water partition coefficient (Wildman–Crippen LogP) is 2.08. The summed E-state index contributed by atoms with van der Waals surface area (Å²) in [6, 6.07) is 0. The molecule has 0 radical (unpaired) electrons. The van der Waals surface area contributed by atoms with Gasteiger partial charge in [0.1, 0.15) is 0 Å². The maximum Gasteiger partial charge on any atom is 0.191 e. The molecular weight excluding hydrogens is 226 g/mol. The highest BCUT2D eigenvalue weighted by Gasteiger charge is 2.11. The third kappa shape index (κ3) is 6.64. The van der Waals surface area contributed by atoms with Crippen LogP contribution in [0, 0.1) is 0 Å². The Hall–Kier alpha value is -1.03. The molecule has 0 spiro atoms. The van der Waals surface area contributed by atoms with E-state index < -0.39 is 0 Å². The van der Waals surface area contributed by atoms with Gasteiger partial charge < -0.3 is 15.4 Å². The molecule has 0 atom stereocenters. The van der Waals surface area contributed by atoms with Gasteiger partial charge in [-0.25, -0.2) is 0 Å². The van der Waals surface area contributed by atoms with Crippen molar-refractivity contribution in [2.75, 3.05) is 26.3 Å². The van der Waals surface area contributed by atoms with E-state index in [2.05, 4.69) is 49.4 Å². The minimum atomic E-state index is 0.0406. The van der Waals surface area contributed by atoms with Crippen LogP contribution >= 0.6 is 0 Å². The van der Waals surface area contributed by atoms with E-state index in [1.165, 1.54) is 5.57 Å². The van der Waals surface area contributed by atoms with Crippen molar-refractivity contribution in [1.29, 1.82) is 0 Å². The zero-order valence-electron chi connectivity index (χ0n) is 12.2. The first-order valence-electron chi connectivity index (χ1n) is 6.83. The molecule has 0 fully saturated rings. The van der Waals surface area contributed by atoms with Crippen LogP contribution in [-0.4, -0.2) is 37.8 Å². The molecule has 104 valence electrons. The van der Waals surface area contributed by atoms with Crippen LogP contribution in [0.3, 0.4) is 0 Å². The molecule has 0 bridgehead atoms. The molecular formula is C14H27N3O. The molecule has 4 nitrogen and oxygen atoms in total. The van der Waals surface area contributed by atoms with Gasteiger partial charge in [-0.2, -0.15) is 0 Å². The Morgan fingerprint density at radius 3 is 2.78 bits per heavy atom. The second-order valence-corrected chi connectivity index (χ2v) is 5.57. The number of hydrogen-bond acceptors (Lipinski definition) is 2. The molecule has 1 rings (SSSR count). The molecule has 0 saturated heterocycles. The van der Waals surface area contributed by atoms with Crippen molar-refractivity contribution in [2.45, 2.75) is 46.1 Å². The molecule has 1 heterocycles. The quantitative estimate of drug-likeness (QED) is 0.458. The lowest BCUT2D eigenvalue weighted by atomic mass is 10.1. The third-order valence-electron chi connectivity index (χ3n) is 2.60. The Bertz CT molecular complexity index is 303. The standard InChI is InChI=1S/C14H27N3O/c1-5-15-13(17-14(2,3)4)16-9-6-12-7-10-18-11-8-12/h7H,5-6,8-11H2,1-4H3,(H2,15,16,17). The Kier molecular flexibility index (Phi) is 6.19. The van der Waals surface area contributed by atoms with E-state index in [0.29, 0.717) is 0 Å². The van der Waals surface area contributed by atoms with Gasteiger partial charge in [0.25, 0.3) is 0 Å². The molecule has 18 heavy (non-hydrogen) atoms. The number of hydrogen-bond donors (Lipinski definition) is 2. The van der Waals surface area contributed by atoms with Crippen molar-refractivity contribution in [3.63, 3.8) is 0 Å². The van der Waals surface area contributed by atoms with Crippen molar-refractivity contribution < 1.29 is 4.74 Å². The van der Waals surface area contributed by atoms with E-state index in [4.69, 9.17) is 4.74 Å². The van der Waals surface area contributed by atoms with Crippen LogP contribution in [-0.2, 0) is 4.74 Å². The summed E-state index contributed by atoms with van der Waals surface area (Å²) >= 11 is 0. The van der Waals surface area contributed by atoms with Crippen molar-refractivity contribution in [3.8, 4) is 0 Å². The molecule has 0 unspecified atom stereocenters. The first-order valence-corrected chi connectivity index (χ1v) is 6.83. The average Bonchev–Trinajstić information content (AvgIpc) is 2.28. The highest BCUT2D eigenvalue weighted by Crippen LogP contribution is 2.11. The topological polar surface area (TPSA) is 45.7 Å². The highest BCUT2D eigenvalue weighted by atomic mass is 16.5. The van der Waals surface area contributed by atoms with Gasteiger partial charge in [0.15, 0.2) is 5.96 Å². The normalized spacial score (nSPS) is 17.3. The van der Waals surface area contributed by atoms with Crippen molar-refractivity contribution >= 4 is 5.96 Å². The van der Waals surface area contributed by atoms with E-state index in [1.54, 1.807) is 0 Å². The van der Waals surface area contributed by atoms with Crippen LogP contribution in [0.25, 0.3) is 0 Å². The van der Waals surface area contributed by atoms with Gasteiger partial charge >= 0.3 is 0 Å². The summed E-state index contributed by atoms with van der Waals surface area (Å²) in [5, 5.41) is 6.66. The third-order valence-corrected chi connectivity index (χ3v) is 2.60. The minimum Gasteiger partial charge on any atom is -0.377 e. The van der Waals surface area contributed by atoms with Crippen LogP contribution in [0.15, 0.2) is 16.6 Å². The largest absolute Gasteiger partial charge is 0.377 e. The molecule has 0 aromatic heterocycles. The molecule has 0 amide bonds. The van der Waals surface area contributed by atoms with Crippen molar-refractivity contribution in [2.24, 2.45) is 4.99 Å². The highest BCUT2D eigenvalue weighted by molar-refractivity contribution is 5.80. The van der Waals surface area contributed by atoms with Gasteiger partial charge in [-0.1, -0.05) is 11.6 Å². The molecule has 0 saturated carbocycles. The smallest absolute Gasteiger partial charge is 0.191 e. The zero-order valence-corrected chi connectivity index (χ0v) is 12.2. The molecule has 0 aromatic carbocycles. The molecule has 0 aromatic rings. The first-order chi connectivity index (χ1) is 8.51. The van der Waals surface area contributed by atoms with Gasteiger partial charge in [0.05, 0.1) is 13.2 Å². The monoisotopic (exact) mass is 253 g/mol. The van der Waals surface area contributed by atoms with Crippen molar-refractivity contribution in [3.05, 3.63) is 11.6 Å². The molecule has 1 aliphatic heterocycles. The van der Waals surface area contributed by atoms with Crippen molar-refractivity contribution in [1.82, 2.24) is 10.6 Å². The number of nitrogens with one attached hydrogen (secondary N) is 2. The summed E-state index contributed by atoms with van der Waals surface area (Å²) in [4.78, 5) is 4.61. The Labute approximate surface area is 111 Å². The number of nitrogens with zero attached hydrogens (tertiary/aromatic N) is 1. The zero-order chi connectivity index (χ0) is 13.4. The molecule has 2 N–H and O–H groups in total. The summed E-state index contributed by atoms with van der Waals surface area (Å²) in [6.45, 7) is 11.8. The average molecular weight is 253 g/mol. The van der Waals surface area contributed by atoms with Gasteiger partial charge in [0, 0.05) is 18.6 Å². The maximum atomic E-state index is 5.29. The summed E-state index contributed by atoms with van der Waals surface area (Å²) < 4.78 is 5.29. The number of ether oxygens (including phenoxy) is 1. The summed E-state index contributed by atoms with van der Waals surface area (Å²) in [5.41, 5.74) is 1.51. The Morgan fingerprint density at radius 1 is 1.44 bits per heavy atom. The fraction of sp³-hybridized carbons (Fsp3) is 0.786. The van der Waals surface area contributed by atoms with Gasteiger partial charge in [0.2, 0.25) is 0 Å². The van der Waals surface area contributed by atoms with E-state index in [1.807, 2.05) is 0 Å². The molecule has 0 aliphatic carbocycles. The van der Waals surface area contributed by atoms with Gasteiger partial charge in [-0.05, 0) is 40.5 Å². The van der Waals surface area contributed by atoms with Gasteiger partial charge in [-0.3, -0.25) is 4.99 Å². The Balaban J connectivity index is 2.41. The van der Waals surface area contributed by atoms with Crippen LogP contribution in [0.4, 0.5) is 0 Å². The van der Waals surface area contributed by atoms with Crippen LogP contribution < -0.4 is 10.6 Å². The fourth-order valence-corrected chi connectivity index (χ4v) is 1.77. The lowest BCUT2D eigenvalue weighted by molar-refractivity contribution is 0.153. The number of rotatable bonds is 4. The fourth-order valence-electron chi connectivity index (χ4n) is 1.77. The van der Waals surface area contributed by atoms with E-state index >= 15 is 0 Å². The first kappa shape index (κ1) is 15.0. The van der Waals surface area contributed by atoms with Gasteiger partial charge in [-0.15, -0.1) is 0 Å². The lowest BCUT2D eigenvalue weighted by Crippen LogP contribution is -2.47. The minimum absolute atomic E-state index is 0.0406. The summed E-state index contributed by atoms with van der Waals surface area (Å²) in [5.74, 6) is 0.901. The summed E-state index contributed by atoms with van der Waals surface area (Å²) in [6.07, 6.45) is 4.27. The summed E-state index contributed by atoms with van der Waals surface area (Å²) in [7, 11) is 0. The van der Waals surface area contributed by atoms with Crippen LogP contribution in [0.2, 0.25) is 0 Å². The molecule has 4 heteroatoms. The van der Waals surface area contributed by atoms with E-state index in [9.17, 15) is 0 Å². The second-order valence-electron chi connectivity index (χ2n) is 5.57. The van der Waals surface area contributed by atoms with Crippen LogP contribution in [0.5, 0.6) is 0 Å². The molecule has 1 aliphatic rings. The second kappa shape index (κ2) is 7.41. The van der Waals surface area contributed by atoms with E-state index in [0.717, 1.165) is 45.1 Å². The van der Waals surface area contributed by atoms with Crippen LogP contribution in [0.1, 0.15) is 40.5 Å². The van der Waals surface area contributed by atoms with E-state index in [-0.39, 0.29) is 5.54 Å². The lowest BCUT2D eigenvalue weighted by Gasteiger charge is -2.23. The maximum absolute atomic E-state index is 5.29. The predicted molar refractivity (Wildman–Crippen MR) is 77.0 cm³/mol. The SMILES string of the molecule is CCNC(=NCCC1=CCOCC1)NC(C)(C)C. The number of aliphatic imine (C=N–C) groups is 1.